The summed E-state index contributed by atoms with van der Waals surface area (Å²) in [6, 6.07) is 5.16. The molecule has 0 aliphatic carbocycles. The van der Waals surface area contributed by atoms with Crippen LogP contribution >= 0.6 is 11.6 Å². The van der Waals surface area contributed by atoms with Crippen LogP contribution in [0.4, 0.5) is 4.39 Å². The fourth-order valence-electron chi connectivity index (χ4n) is 1.45. The molecule has 1 nitrogen and oxygen atoms in total. The van der Waals surface area contributed by atoms with Gasteiger partial charge in [-0.25, -0.2) is 4.39 Å². The number of aryl methyl sites for hydroxylation is 1. The van der Waals surface area contributed by atoms with Crippen molar-refractivity contribution in [1.82, 2.24) is 5.32 Å². The first-order valence-corrected chi connectivity index (χ1v) is 5.77. The Hall–Kier alpha value is -0.600. The van der Waals surface area contributed by atoms with Gasteiger partial charge in [0.05, 0.1) is 5.02 Å². The van der Waals surface area contributed by atoms with E-state index >= 15 is 0 Å². The van der Waals surface area contributed by atoms with E-state index in [0.717, 1.165) is 32.4 Å². The zero-order valence-corrected chi connectivity index (χ0v) is 9.78. The standard InChI is InChI=1S/C12H17ClFN/c1-2-8-15-9-4-6-10-5-3-7-11(13)12(10)14/h3,5,7,15H,2,4,6,8-9H2,1H3. The van der Waals surface area contributed by atoms with Gasteiger partial charge in [-0.15, -0.1) is 0 Å². The van der Waals surface area contributed by atoms with Crippen LogP contribution < -0.4 is 5.32 Å². The van der Waals surface area contributed by atoms with Crippen molar-refractivity contribution in [2.24, 2.45) is 0 Å². The molecule has 1 rings (SSSR count). The number of hydrogen-bond donors (Lipinski definition) is 1. The van der Waals surface area contributed by atoms with Crippen LogP contribution in [-0.4, -0.2) is 13.1 Å². The summed E-state index contributed by atoms with van der Waals surface area (Å²) in [6.07, 6.45) is 2.81. The fourth-order valence-corrected chi connectivity index (χ4v) is 1.64. The second-order valence-electron chi connectivity index (χ2n) is 3.57. The minimum absolute atomic E-state index is 0.217. The van der Waals surface area contributed by atoms with Gasteiger partial charge in [0.25, 0.3) is 0 Å². The van der Waals surface area contributed by atoms with Crippen LogP contribution in [0, 0.1) is 5.82 Å². The quantitative estimate of drug-likeness (QED) is 0.738. The third-order valence-corrected chi connectivity index (χ3v) is 2.55. The van der Waals surface area contributed by atoms with Crippen LogP contribution in [0.25, 0.3) is 0 Å². The molecule has 0 aliphatic rings. The largest absolute Gasteiger partial charge is 0.317 e. The van der Waals surface area contributed by atoms with Gasteiger partial charge < -0.3 is 5.32 Å². The van der Waals surface area contributed by atoms with Crippen molar-refractivity contribution in [3.63, 3.8) is 0 Å². The molecule has 0 radical (unpaired) electrons. The Morgan fingerprint density at radius 2 is 2.13 bits per heavy atom. The molecular formula is C12H17ClFN. The van der Waals surface area contributed by atoms with Crippen molar-refractivity contribution >= 4 is 11.6 Å². The van der Waals surface area contributed by atoms with Crippen molar-refractivity contribution < 1.29 is 4.39 Å². The van der Waals surface area contributed by atoms with E-state index in [1.165, 1.54) is 0 Å². The fraction of sp³-hybridized carbons (Fsp3) is 0.500. The van der Waals surface area contributed by atoms with Crippen molar-refractivity contribution in [3.05, 3.63) is 34.6 Å². The highest BCUT2D eigenvalue weighted by molar-refractivity contribution is 6.30. The lowest BCUT2D eigenvalue weighted by molar-refractivity contribution is 0.592. The number of nitrogens with one attached hydrogen (secondary N) is 1. The van der Waals surface area contributed by atoms with E-state index in [9.17, 15) is 4.39 Å². The summed E-state index contributed by atoms with van der Waals surface area (Å²) < 4.78 is 13.4. The molecule has 0 amide bonds. The van der Waals surface area contributed by atoms with E-state index in [1.54, 1.807) is 18.2 Å². The molecule has 0 atom stereocenters. The summed E-state index contributed by atoms with van der Waals surface area (Å²) >= 11 is 5.69. The van der Waals surface area contributed by atoms with Crippen LogP contribution in [0.1, 0.15) is 25.3 Å². The normalized spacial score (nSPS) is 10.6. The van der Waals surface area contributed by atoms with Gasteiger partial charge in [0.1, 0.15) is 5.82 Å². The van der Waals surface area contributed by atoms with E-state index in [4.69, 9.17) is 11.6 Å². The summed E-state index contributed by atoms with van der Waals surface area (Å²) in [5, 5.41) is 3.50. The molecule has 0 unspecified atom stereocenters. The maximum atomic E-state index is 13.4. The first-order chi connectivity index (χ1) is 7.25. The minimum atomic E-state index is -0.269. The second kappa shape index (κ2) is 6.81. The Kier molecular flexibility index (Phi) is 5.66. The minimum Gasteiger partial charge on any atom is -0.317 e. The highest BCUT2D eigenvalue weighted by Crippen LogP contribution is 2.18. The highest BCUT2D eigenvalue weighted by Gasteiger charge is 2.04. The molecule has 0 saturated heterocycles. The summed E-state index contributed by atoms with van der Waals surface area (Å²) in [4.78, 5) is 0. The van der Waals surface area contributed by atoms with E-state index in [0.29, 0.717) is 5.56 Å². The molecule has 0 aliphatic heterocycles. The predicted octanol–water partition coefficient (Wildman–Crippen LogP) is 3.41. The zero-order valence-electron chi connectivity index (χ0n) is 9.02. The maximum Gasteiger partial charge on any atom is 0.144 e. The predicted molar refractivity (Wildman–Crippen MR) is 62.9 cm³/mol. The third-order valence-electron chi connectivity index (χ3n) is 2.26. The summed E-state index contributed by atoms with van der Waals surface area (Å²) in [6.45, 7) is 4.08. The average Bonchev–Trinajstić information content (AvgIpc) is 2.24. The second-order valence-corrected chi connectivity index (χ2v) is 3.97. The lowest BCUT2D eigenvalue weighted by atomic mass is 10.1. The SMILES string of the molecule is CCCNCCCc1cccc(Cl)c1F. The van der Waals surface area contributed by atoms with Gasteiger partial charge in [0.2, 0.25) is 0 Å². The van der Waals surface area contributed by atoms with Gasteiger partial charge in [-0.05, 0) is 44.0 Å². The summed E-state index contributed by atoms with van der Waals surface area (Å²) in [5.41, 5.74) is 0.709. The molecular weight excluding hydrogens is 213 g/mol. The molecule has 1 N–H and O–H groups in total. The Morgan fingerprint density at radius 1 is 1.33 bits per heavy atom. The molecule has 15 heavy (non-hydrogen) atoms. The summed E-state index contributed by atoms with van der Waals surface area (Å²) in [7, 11) is 0. The van der Waals surface area contributed by atoms with Crippen molar-refractivity contribution in [2.45, 2.75) is 26.2 Å². The Labute approximate surface area is 95.6 Å². The van der Waals surface area contributed by atoms with E-state index in [2.05, 4.69) is 12.2 Å². The monoisotopic (exact) mass is 229 g/mol. The first kappa shape index (κ1) is 12.5. The molecule has 0 spiro atoms. The van der Waals surface area contributed by atoms with Gasteiger partial charge in [-0.3, -0.25) is 0 Å². The third kappa shape index (κ3) is 4.18. The van der Waals surface area contributed by atoms with Crippen LogP contribution in [0.15, 0.2) is 18.2 Å². The molecule has 0 heterocycles. The maximum absolute atomic E-state index is 13.4. The van der Waals surface area contributed by atoms with E-state index in [1.807, 2.05) is 0 Å². The summed E-state index contributed by atoms with van der Waals surface area (Å²) in [5.74, 6) is -0.269. The Bertz CT molecular complexity index is 302. The van der Waals surface area contributed by atoms with Crippen molar-refractivity contribution in [1.29, 1.82) is 0 Å². The zero-order chi connectivity index (χ0) is 11.1. The van der Waals surface area contributed by atoms with E-state index < -0.39 is 0 Å². The Balaban J connectivity index is 2.34. The lowest BCUT2D eigenvalue weighted by Gasteiger charge is -2.05. The van der Waals surface area contributed by atoms with E-state index in [-0.39, 0.29) is 10.8 Å². The van der Waals surface area contributed by atoms with Crippen LogP contribution in [0.5, 0.6) is 0 Å². The average molecular weight is 230 g/mol. The van der Waals surface area contributed by atoms with Gasteiger partial charge in [-0.2, -0.15) is 0 Å². The first-order valence-electron chi connectivity index (χ1n) is 5.39. The molecule has 84 valence electrons. The highest BCUT2D eigenvalue weighted by atomic mass is 35.5. The topological polar surface area (TPSA) is 12.0 Å². The number of rotatable bonds is 6. The molecule has 0 saturated carbocycles. The number of halogens is 2. The van der Waals surface area contributed by atoms with Gasteiger partial charge >= 0.3 is 0 Å². The van der Waals surface area contributed by atoms with Gasteiger partial charge in [-0.1, -0.05) is 30.7 Å². The number of benzene rings is 1. The smallest absolute Gasteiger partial charge is 0.144 e. The molecule has 0 aromatic heterocycles. The molecule has 3 heteroatoms. The van der Waals surface area contributed by atoms with Gasteiger partial charge in [0, 0.05) is 0 Å². The molecule has 0 bridgehead atoms. The van der Waals surface area contributed by atoms with Crippen LogP contribution in [0.3, 0.4) is 0 Å². The van der Waals surface area contributed by atoms with Crippen LogP contribution in [-0.2, 0) is 6.42 Å². The number of hydrogen-bond acceptors (Lipinski definition) is 1. The Morgan fingerprint density at radius 3 is 2.87 bits per heavy atom. The van der Waals surface area contributed by atoms with Crippen molar-refractivity contribution in [2.75, 3.05) is 13.1 Å². The van der Waals surface area contributed by atoms with Crippen molar-refractivity contribution in [3.8, 4) is 0 Å². The molecule has 1 aromatic carbocycles. The van der Waals surface area contributed by atoms with Crippen LogP contribution in [0.2, 0.25) is 5.02 Å². The lowest BCUT2D eigenvalue weighted by Crippen LogP contribution is -2.16. The molecule has 0 fully saturated rings. The van der Waals surface area contributed by atoms with Gasteiger partial charge in [0.15, 0.2) is 0 Å². The molecule has 1 aromatic rings.